The number of amides is 1. The fraction of sp³-hybridized carbons (Fsp3) is 0.684. The maximum atomic E-state index is 12.6. The molecule has 0 unspecified atom stereocenters. The third kappa shape index (κ3) is 4.54. The minimum Gasteiger partial charge on any atom is -0.350 e. The first-order valence-corrected chi connectivity index (χ1v) is 9.24. The molecule has 0 spiro atoms. The number of hydrogen-bond donors (Lipinski definition) is 1. The molecule has 2 aliphatic rings. The average Bonchev–Trinajstić information content (AvgIpc) is 2.60. The van der Waals surface area contributed by atoms with Crippen LogP contribution in [0.4, 0.5) is 0 Å². The Labute approximate surface area is 145 Å². The zero-order chi connectivity index (χ0) is 16.9. The van der Waals surface area contributed by atoms with Crippen LogP contribution in [0.1, 0.15) is 37.1 Å². The molecule has 2 fully saturated rings. The van der Waals surface area contributed by atoms with Crippen LogP contribution in [0.5, 0.6) is 0 Å². The molecule has 132 valence electrons. The van der Waals surface area contributed by atoms with E-state index in [1.54, 1.807) is 0 Å². The first-order valence-electron chi connectivity index (χ1n) is 9.24. The number of aryl methyl sites for hydroxylation is 1. The lowest BCUT2D eigenvalue weighted by Crippen LogP contribution is -2.50. The number of pyridine rings is 1. The number of likely N-dealkylation sites (tertiary alicyclic amines) is 2. The lowest BCUT2D eigenvalue weighted by molar-refractivity contribution is -0.127. The number of nitrogens with one attached hydrogen (secondary N) is 1. The second-order valence-electron chi connectivity index (χ2n) is 7.36. The molecule has 5 nitrogen and oxygen atoms in total. The molecule has 2 saturated heterocycles. The van der Waals surface area contributed by atoms with E-state index < -0.39 is 0 Å². The zero-order valence-electron chi connectivity index (χ0n) is 15.0. The van der Waals surface area contributed by atoms with Crippen molar-refractivity contribution in [3.63, 3.8) is 0 Å². The van der Waals surface area contributed by atoms with Gasteiger partial charge in [-0.1, -0.05) is 6.07 Å². The highest BCUT2D eigenvalue weighted by molar-refractivity contribution is 5.78. The highest BCUT2D eigenvalue weighted by atomic mass is 16.1. The standard InChI is InChI=1S/C19H30N4O/c1-15-5-3-7-17(21-15)13-20-19(24)16-6-4-10-23(14-16)18-8-11-22(2)12-9-18/h3,5,7,16,18H,4,6,8-14H2,1-2H3,(H,20,24)/t16-/m1/s1. The summed E-state index contributed by atoms with van der Waals surface area (Å²) in [5.41, 5.74) is 1.93. The maximum absolute atomic E-state index is 12.6. The Hall–Kier alpha value is -1.46. The van der Waals surface area contributed by atoms with Gasteiger partial charge in [0.2, 0.25) is 5.91 Å². The SMILES string of the molecule is Cc1cccc(CNC(=O)[C@@H]2CCCN(C3CCN(C)CC3)C2)n1. The molecule has 0 aromatic carbocycles. The summed E-state index contributed by atoms with van der Waals surface area (Å²) >= 11 is 0. The van der Waals surface area contributed by atoms with E-state index in [2.05, 4.69) is 27.1 Å². The molecular weight excluding hydrogens is 300 g/mol. The summed E-state index contributed by atoms with van der Waals surface area (Å²) in [7, 11) is 2.20. The number of carbonyl (C=O) groups excluding carboxylic acids is 1. The molecule has 2 aliphatic heterocycles. The predicted molar refractivity (Wildman–Crippen MR) is 95.6 cm³/mol. The average molecular weight is 330 g/mol. The minimum atomic E-state index is 0.128. The molecule has 1 atom stereocenters. The smallest absolute Gasteiger partial charge is 0.224 e. The Kier molecular flexibility index (Phi) is 5.85. The summed E-state index contributed by atoms with van der Waals surface area (Å²) in [4.78, 5) is 22.0. The molecule has 5 heteroatoms. The number of nitrogens with zero attached hydrogens (tertiary/aromatic N) is 3. The predicted octanol–water partition coefficient (Wildman–Crippen LogP) is 1.81. The van der Waals surface area contributed by atoms with Crippen LogP contribution < -0.4 is 5.32 Å². The molecule has 1 N–H and O–H groups in total. The first-order chi connectivity index (χ1) is 11.6. The molecule has 3 heterocycles. The molecule has 1 amide bonds. The molecule has 24 heavy (non-hydrogen) atoms. The van der Waals surface area contributed by atoms with E-state index >= 15 is 0 Å². The molecular formula is C19H30N4O. The maximum Gasteiger partial charge on any atom is 0.224 e. The largest absolute Gasteiger partial charge is 0.350 e. The minimum absolute atomic E-state index is 0.128. The van der Waals surface area contributed by atoms with E-state index in [4.69, 9.17) is 0 Å². The van der Waals surface area contributed by atoms with Crippen LogP contribution in [0.3, 0.4) is 0 Å². The van der Waals surface area contributed by atoms with Crippen molar-refractivity contribution in [2.45, 2.75) is 45.2 Å². The topological polar surface area (TPSA) is 48.5 Å². The number of hydrogen-bond acceptors (Lipinski definition) is 4. The third-order valence-electron chi connectivity index (χ3n) is 5.42. The van der Waals surface area contributed by atoms with E-state index in [-0.39, 0.29) is 11.8 Å². The van der Waals surface area contributed by atoms with Crippen molar-refractivity contribution in [1.82, 2.24) is 20.1 Å². The Bertz CT molecular complexity index is 554. The zero-order valence-corrected chi connectivity index (χ0v) is 15.0. The van der Waals surface area contributed by atoms with E-state index in [1.807, 2.05) is 25.1 Å². The summed E-state index contributed by atoms with van der Waals surface area (Å²) in [5.74, 6) is 0.319. The normalized spacial score (nSPS) is 24.0. The van der Waals surface area contributed by atoms with Crippen molar-refractivity contribution in [2.24, 2.45) is 5.92 Å². The van der Waals surface area contributed by atoms with Crippen LogP contribution in [0.2, 0.25) is 0 Å². The van der Waals surface area contributed by atoms with Gasteiger partial charge >= 0.3 is 0 Å². The summed E-state index contributed by atoms with van der Waals surface area (Å²) in [6.07, 6.45) is 4.61. The van der Waals surface area contributed by atoms with Crippen molar-refractivity contribution < 1.29 is 4.79 Å². The van der Waals surface area contributed by atoms with Gasteiger partial charge in [-0.25, -0.2) is 0 Å². The molecule has 0 aliphatic carbocycles. The van der Waals surface area contributed by atoms with Gasteiger partial charge in [-0.2, -0.15) is 0 Å². The highest BCUT2D eigenvalue weighted by Crippen LogP contribution is 2.23. The molecule has 0 saturated carbocycles. The number of piperidine rings is 2. The Morgan fingerprint density at radius 1 is 1.25 bits per heavy atom. The van der Waals surface area contributed by atoms with E-state index in [0.29, 0.717) is 12.6 Å². The fourth-order valence-electron chi connectivity index (χ4n) is 3.93. The van der Waals surface area contributed by atoms with Gasteiger partial charge in [-0.05, 0) is 71.4 Å². The Morgan fingerprint density at radius 2 is 2.04 bits per heavy atom. The lowest BCUT2D eigenvalue weighted by Gasteiger charge is -2.41. The van der Waals surface area contributed by atoms with Gasteiger partial charge in [-0.15, -0.1) is 0 Å². The van der Waals surface area contributed by atoms with E-state index in [1.165, 1.54) is 25.9 Å². The lowest BCUT2D eigenvalue weighted by atomic mass is 9.93. The van der Waals surface area contributed by atoms with Gasteiger partial charge in [0.15, 0.2) is 0 Å². The van der Waals surface area contributed by atoms with Crippen LogP contribution in [0, 0.1) is 12.8 Å². The van der Waals surface area contributed by atoms with Crippen molar-refractivity contribution in [3.05, 3.63) is 29.6 Å². The Morgan fingerprint density at radius 3 is 2.79 bits per heavy atom. The van der Waals surface area contributed by atoms with Gasteiger partial charge in [-0.3, -0.25) is 14.7 Å². The van der Waals surface area contributed by atoms with Crippen LogP contribution in [-0.2, 0) is 11.3 Å². The monoisotopic (exact) mass is 330 g/mol. The number of rotatable bonds is 4. The summed E-state index contributed by atoms with van der Waals surface area (Å²) in [5, 5.41) is 3.09. The van der Waals surface area contributed by atoms with Crippen molar-refractivity contribution in [2.75, 3.05) is 33.2 Å². The van der Waals surface area contributed by atoms with Crippen molar-refractivity contribution in [1.29, 1.82) is 0 Å². The second-order valence-corrected chi connectivity index (χ2v) is 7.36. The first kappa shape index (κ1) is 17.4. The van der Waals surface area contributed by atoms with Crippen molar-refractivity contribution >= 4 is 5.91 Å². The van der Waals surface area contributed by atoms with Gasteiger partial charge < -0.3 is 10.2 Å². The molecule has 1 aromatic rings. The molecule has 3 rings (SSSR count). The van der Waals surface area contributed by atoms with E-state index in [0.717, 1.165) is 37.3 Å². The van der Waals surface area contributed by atoms with Crippen LogP contribution in [0.25, 0.3) is 0 Å². The number of carbonyl (C=O) groups is 1. The summed E-state index contributed by atoms with van der Waals surface area (Å²) < 4.78 is 0. The molecule has 0 bridgehead atoms. The Balaban J connectivity index is 1.49. The second kappa shape index (κ2) is 8.08. The van der Waals surface area contributed by atoms with Crippen LogP contribution in [-0.4, -0.2) is 60.0 Å². The fourth-order valence-corrected chi connectivity index (χ4v) is 3.93. The van der Waals surface area contributed by atoms with Crippen LogP contribution in [0.15, 0.2) is 18.2 Å². The van der Waals surface area contributed by atoms with Gasteiger partial charge in [0.1, 0.15) is 0 Å². The van der Waals surface area contributed by atoms with Gasteiger partial charge in [0, 0.05) is 18.3 Å². The van der Waals surface area contributed by atoms with Gasteiger partial charge in [0.05, 0.1) is 18.2 Å². The highest BCUT2D eigenvalue weighted by Gasteiger charge is 2.31. The van der Waals surface area contributed by atoms with Crippen LogP contribution >= 0.6 is 0 Å². The quantitative estimate of drug-likeness (QED) is 0.915. The third-order valence-corrected chi connectivity index (χ3v) is 5.42. The molecule has 0 radical (unpaired) electrons. The summed E-state index contributed by atoms with van der Waals surface area (Å²) in [6.45, 7) is 6.93. The van der Waals surface area contributed by atoms with Gasteiger partial charge in [0.25, 0.3) is 0 Å². The number of aromatic nitrogens is 1. The van der Waals surface area contributed by atoms with E-state index in [9.17, 15) is 4.79 Å². The molecule has 1 aromatic heterocycles. The van der Waals surface area contributed by atoms with Crippen molar-refractivity contribution in [3.8, 4) is 0 Å². The summed E-state index contributed by atoms with van der Waals surface area (Å²) in [6, 6.07) is 6.60.